The quantitative estimate of drug-likeness (QED) is 0.705. The summed E-state index contributed by atoms with van der Waals surface area (Å²) < 4.78 is 13.5. The van der Waals surface area contributed by atoms with Crippen LogP contribution in [0.25, 0.3) is 21.9 Å². The first kappa shape index (κ1) is 17.6. The lowest BCUT2D eigenvalue weighted by atomic mass is 10.0. The van der Waals surface area contributed by atoms with E-state index in [1.165, 1.54) is 31.5 Å². The van der Waals surface area contributed by atoms with Crippen molar-refractivity contribution in [3.8, 4) is 11.1 Å². The van der Waals surface area contributed by atoms with E-state index in [1.807, 2.05) is 30.5 Å². The Morgan fingerprint density at radius 3 is 2.67 bits per heavy atom. The lowest BCUT2D eigenvalue weighted by Crippen LogP contribution is -2.32. The molecule has 138 valence electrons. The van der Waals surface area contributed by atoms with Crippen molar-refractivity contribution in [3.63, 3.8) is 0 Å². The van der Waals surface area contributed by atoms with Crippen molar-refractivity contribution in [1.29, 1.82) is 0 Å². The van der Waals surface area contributed by atoms with Crippen LogP contribution in [0.5, 0.6) is 0 Å². The Labute approximate surface area is 158 Å². The second-order valence-electron chi connectivity index (χ2n) is 7.09. The van der Waals surface area contributed by atoms with Gasteiger partial charge in [-0.2, -0.15) is 0 Å². The Balaban J connectivity index is 1.53. The lowest BCUT2D eigenvalue weighted by molar-refractivity contribution is 0.247. The predicted molar refractivity (Wildman–Crippen MR) is 108 cm³/mol. The van der Waals surface area contributed by atoms with Crippen molar-refractivity contribution < 1.29 is 4.39 Å². The number of fused-ring (bicyclic) bond motifs is 1. The van der Waals surface area contributed by atoms with E-state index in [2.05, 4.69) is 26.8 Å². The minimum atomic E-state index is -0.335. The summed E-state index contributed by atoms with van der Waals surface area (Å²) >= 11 is 0. The van der Waals surface area contributed by atoms with Crippen molar-refractivity contribution >= 4 is 16.6 Å². The number of hydrogen-bond acceptors (Lipinski definition) is 4. The fraction of sp³-hybridized carbons (Fsp3) is 0.273. The molecule has 3 aromatic rings. The maximum Gasteiger partial charge on any atom is 0.142 e. The number of halogens is 1. The van der Waals surface area contributed by atoms with Crippen molar-refractivity contribution in [2.75, 3.05) is 25.0 Å². The Morgan fingerprint density at radius 1 is 1.00 bits per heavy atom. The average Bonchev–Trinajstić information content (AvgIpc) is 2.68. The first-order valence-corrected chi connectivity index (χ1v) is 9.35. The number of hydrogen-bond donors (Lipinski definition) is 1. The summed E-state index contributed by atoms with van der Waals surface area (Å²) in [5.41, 5.74) is 2.64. The number of aromatic nitrogens is 2. The van der Waals surface area contributed by atoms with Gasteiger partial charge in [0.1, 0.15) is 11.6 Å². The standard InChI is InChI=1S/C22H23FN4/c1-16(15-27-7-3-2-4-8-27)26-22-11-19-9-17(5-6-18(19)13-25-22)20-10-21(23)14-24-12-20/h5-6,9-14H,1-4,7-8,15H2,(H,25,26). The van der Waals surface area contributed by atoms with Gasteiger partial charge in [-0.3, -0.25) is 9.88 Å². The van der Waals surface area contributed by atoms with Crippen LogP contribution in [0, 0.1) is 5.82 Å². The fourth-order valence-corrected chi connectivity index (χ4v) is 3.57. The third kappa shape index (κ3) is 4.31. The summed E-state index contributed by atoms with van der Waals surface area (Å²) in [6, 6.07) is 9.49. The van der Waals surface area contributed by atoms with Crippen LogP contribution >= 0.6 is 0 Å². The molecular weight excluding hydrogens is 339 g/mol. The van der Waals surface area contributed by atoms with Gasteiger partial charge >= 0.3 is 0 Å². The first-order chi connectivity index (χ1) is 13.2. The molecule has 5 heteroatoms. The molecule has 4 rings (SSSR count). The van der Waals surface area contributed by atoms with Gasteiger partial charge < -0.3 is 5.32 Å². The molecule has 3 heterocycles. The van der Waals surface area contributed by atoms with Gasteiger partial charge in [-0.25, -0.2) is 9.37 Å². The molecule has 0 aliphatic carbocycles. The van der Waals surface area contributed by atoms with Gasteiger partial charge in [0.2, 0.25) is 0 Å². The molecule has 1 N–H and O–H groups in total. The van der Waals surface area contributed by atoms with Crippen LogP contribution in [0.4, 0.5) is 10.2 Å². The van der Waals surface area contributed by atoms with Gasteiger partial charge in [0.05, 0.1) is 6.20 Å². The van der Waals surface area contributed by atoms with Crippen LogP contribution in [0.3, 0.4) is 0 Å². The highest BCUT2D eigenvalue weighted by atomic mass is 19.1. The zero-order valence-corrected chi connectivity index (χ0v) is 15.3. The zero-order valence-electron chi connectivity index (χ0n) is 15.3. The molecule has 0 amide bonds. The predicted octanol–water partition coefficient (Wildman–Crippen LogP) is 4.85. The molecule has 1 aromatic carbocycles. The lowest BCUT2D eigenvalue weighted by Gasteiger charge is -2.27. The van der Waals surface area contributed by atoms with E-state index in [0.717, 1.165) is 53.0 Å². The summed E-state index contributed by atoms with van der Waals surface area (Å²) in [6.45, 7) is 7.27. The van der Waals surface area contributed by atoms with Crippen LogP contribution in [0.1, 0.15) is 19.3 Å². The van der Waals surface area contributed by atoms with Crippen molar-refractivity contribution in [1.82, 2.24) is 14.9 Å². The van der Waals surface area contributed by atoms with Crippen LogP contribution in [0.15, 0.2) is 61.2 Å². The Bertz CT molecular complexity index is 963. The van der Waals surface area contributed by atoms with Crippen LogP contribution in [0.2, 0.25) is 0 Å². The average molecular weight is 362 g/mol. The maximum absolute atomic E-state index is 13.5. The van der Waals surface area contributed by atoms with Crippen LogP contribution < -0.4 is 5.32 Å². The highest BCUT2D eigenvalue weighted by molar-refractivity contribution is 5.88. The summed E-state index contributed by atoms with van der Waals surface area (Å²) in [7, 11) is 0. The molecule has 0 unspecified atom stereocenters. The first-order valence-electron chi connectivity index (χ1n) is 9.35. The molecule has 0 spiro atoms. The highest BCUT2D eigenvalue weighted by Crippen LogP contribution is 2.25. The number of nitrogens with one attached hydrogen (secondary N) is 1. The van der Waals surface area contributed by atoms with E-state index in [4.69, 9.17) is 0 Å². The van der Waals surface area contributed by atoms with E-state index in [0.29, 0.717) is 0 Å². The Kier molecular flexibility index (Phi) is 5.12. The number of anilines is 1. The molecule has 0 atom stereocenters. The number of benzene rings is 1. The van der Waals surface area contributed by atoms with Crippen molar-refractivity contribution in [2.24, 2.45) is 0 Å². The molecule has 0 bridgehead atoms. The summed E-state index contributed by atoms with van der Waals surface area (Å²) in [6.07, 6.45) is 8.58. The second-order valence-corrected chi connectivity index (χ2v) is 7.09. The Hall–Kier alpha value is -2.79. The van der Waals surface area contributed by atoms with Gasteiger partial charge in [0.25, 0.3) is 0 Å². The summed E-state index contributed by atoms with van der Waals surface area (Å²) in [5.74, 6) is 0.442. The monoisotopic (exact) mass is 362 g/mol. The summed E-state index contributed by atoms with van der Waals surface area (Å²) in [4.78, 5) is 10.9. The van der Waals surface area contributed by atoms with Gasteiger partial charge in [-0.15, -0.1) is 0 Å². The fourth-order valence-electron chi connectivity index (χ4n) is 3.57. The molecule has 27 heavy (non-hydrogen) atoms. The topological polar surface area (TPSA) is 41.0 Å². The maximum atomic E-state index is 13.5. The van der Waals surface area contributed by atoms with E-state index in [9.17, 15) is 4.39 Å². The zero-order chi connectivity index (χ0) is 18.6. The van der Waals surface area contributed by atoms with Gasteiger partial charge in [-0.1, -0.05) is 25.1 Å². The molecule has 2 aromatic heterocycles. The normalized spacial score (nSPS) is 15.0. The van der Waals surface area contributed by atoms with E-state index < -0.39 is 0 Å². The molecular formula is C22H23FN4. The van der Waals surface area contributed by atoms with E-state index in [1.54, 1.807) is 6.20 Å². The minimum Gasteiger partial charge on any atom is -0.343 e. The molecule has 0 saturated carbocycles. The second kappa shape index (κ2) is 7.84. The number of nitrogens with zero attached hydrogens (tertiary/aromatic N) is 3. The summed E-state index contributed by atoms with van der Waals surface area (Å²) in [5, 5.41) is 5.41. The van der Waals surface area contributed by atoms with E-state index >= 15 is 0 Å². The molecule has 1 aliphatic heterocycles. The smallest absolute Gasteiger partial charge is 0.142 e. The number of piperidine rings is 1. The third-order valence-electron chi connectivity index (χ3n) is 4.93. The SMILES string of the molecule is C=C(CN1CCCCC1)Nc1cc2cc(-c3cncc(F)c3)ccc2cn1. The molecule has 1 fully saturated rings. The largest absolute Gasteiger partial charge is 0.343 e. The number of pyridine rings is 2. The molecule has 4 nitrogen and oxygen atoms in total. The molecule has 1 aliphatic rings. The third-order valence-corrected chi connectivity index (χ3v) is 4.93. The van der Waals surface area contributed by atoms with Gasteiger partial charge in [-0.05, 0) is 55.1 Å². The number of likely N-dealkylation sites (tertiary alicyclic amines) is 1. The van der Waals surface area contributed by atoms with Gasteiger partial charge in [0, 0.05) is 35.6 Å². The van der Waals surface area contributed by atoms with Crippen LogP contribution in [-0.4, -0.2) is 34.5 Å². The van der Waals surface area contributed by atoms with Crippen molar-refractivity contribution in [2.45, 2.75) is 19.3 Å². The van der Waals surface area contributed by atoms with E-state index in [-0.39, 0.29) is 5.82 Å². The van der Waals surface area contributed by atoms with Gasteiger partial charge in [0.15, 0.2) is 0 Å². The Morgan fingerprint density at radius 2 is 1.85 bits per heavy atom. The minimum absolute atomic E-state index is 0.335. The molecule has 1 saturated heterocycles. The number of rotatable bonds is 5. The van der Waals surface area contributed by atoms with Crippen LogP contribution in [-0.2, 0) is 0 Å². The molecule has 0 radical (unpaired) electrons. The highest BCUT2D eigenvalue weighted by Gasteiger charge is 2.11. The van der Waals surface area contributed by atoms with Crippen molar-refractivity contribution in [3.05, 3.63) is 67.0 Å².